The topological polar surface area (TPSA) is 54.9 Å². The Labute approximate surface area is 181 Å². The van der Waals surface area contributed by atoms with Crippen molar-refractivity contribution in [3.05, 3.63) is 53.0 Å². The minimum atomic E-state index is 0.0642. The van der Waals surface area contributed by atoms with Gasteiger partial charge in [-0.2, -0.15) is 0 Å². The lowest BCUT2D eigenvalue weighted by Gasteiger charge is -2.18. The highest BCUT2D eigenvalue weighted by atomic mass is 32.1. The van der Waals surface area contributed by atoms with Crippen molar-refractivity contribution in [3.8, 4) is 11.5 Å². The molecular formula is C23H27N3O3S. The summed E-state index contributed by atoms with van der Waals surface area (Å²) in [4.78, 5) is 23.2. The Hall–Kier alpha value is -2.64. The zero-order valence-corrected chi connectivity index (χ0v) is 18.4. The van der Waals surface area contributed by atoms with Crippen LogP contribution in [0.4, 0.5) is 0 Å². The molecule has 0 saturated carbocycles. The van der Waals surface area contributed by atoms with Crippen LogP contribution in [0, 0.1) is 0 Å². The number of carbonyl (C=O) groups is 1. The number of ether oxygens (including phenoxy) is 2. The van der Waals surface area contributed by atoms with E-state index in [9.17, 15) is 4.79 Å². The maximum Gasteiger partial charge on any atom is 0.263 e. The lowest BCUT2D eigenvalue weighted by atomic mass is 9.95. The van der Waals surface area contributed by atoms with Gasteiger partial charge in [0.15, 0.2) is 0 Å². The molecule has 1 unspecified atom stereocenters. The quantitative estimate of drug-likeness (QED) is 0.575. The maximum atomic E-state index is 12.8. The molecule has 0 spiro atoms. The van der Waals surface area contributed by atoms with E-state index < -0.39 is 0 Å². The number of hydrogen-bond acceptors (Lipinski definition) is 6. The summed E-state index contributed by atoms with van der Waals surface area (Å²) < 4.78 is 11.1. The fourth-order valence-electron chi connectivity index (χ4n) is 3.95. The Morgan fingerprint density at radius 1 is 1.23 bits per heavy atom. The van der Waals surface area contributed by atoms with E-state index in [-0.39, 0.29) is 5.91 Å². The van der Waals surface area contributed by atoms with E-state index in [1.807, 2.05) is 30.3 Å². The molecule has 0 bridgehead atoms. The molecule has 1 amide bonds. The van der Waals surface area contributed by atoms with Crippen molar-refractivity contribution in [1.29, 1.82) is 0 Å². The number of benzene rings is 1. The first-order valence-corrected chi connectivity index (χ1v) is 11.0. The average molecular weight is 426 g/mol. The second-order valence-electron chi connectivity index (χ2n) is 7.71. The predicted molar refractivity (Wildman–Crippen MR) is 120 cm³/mol. The van der Waals surface area contributed by atoms with Crippen LogP contribution < -0.4 is 9.47 Å². The van der Waals surface area contributed by atoms with E-state index in [1.165, 1.54) is 16.9 Å². The number of thiophene rings is 1. The summed E-state index contributed by atoms with van der Waals surface area (Å²) in [6, 6.07) is 11.7. The highest BCUT2D eigenvalue weighted by molar-refractivity contribution is 7.20. The van der Waals surface area contributed by atoms with Gasteiger partial charge in [0.05, 0.1) is 12.0 Å². The number of rotatable bonds is 7. The first kappa shape index (κ1) is 20.6. The van der Waals surface area contributed by atoms with Crippen molar-refractivity contribution in [2.75, 3.05) is 47.4 Å². The monoisotopic (exact) mass is 425 g/mol. The Morgan fingerprint density at radius 3 is 2.73 bits per heavy atom. The molecule has 0 aliphatic carbocycles. The molecule has 1 atom stereocenters. The Balaban J connectivity index is 1.43. The third kappa shape index (κ3) is 4.27. The van der Waals surface area contributed by atoms with Crippen molar-refractivity contribution in [3.63, 3.8) is 0 Å². The normalized spacial score (nSPS) is 16.7. The third-order valence-electron chi connectivity index (χ3n) is 5.52. The number of likely N-dealkylation sites (tertiary alicyclic amines) is 1. The minimum Gasteiger partial charge on any atom is -0.497 e. The van der Waals surface area contributed by atoms with Gasteiger partial charge in [-0.15, -0.1) is 11.3 Å². The summed E-state index contributed by atoms with van der Waals surface area (Å²) in [6.07, 6.45) is 2.83. The van der Waals surface area contributed by atoms with Gasteiger partial charge < -0.3 is 14.4 Å². The van der Waals surface area contributed by atoms with Crippen molar-refractivity contribution >= 4 is 27.5 Å². The molecule has 158 valence electrons. The van der Waals surface area contributed by atoms with Crippen molar-refractivity contribution < 1.29 is 14.3 Å². The van der Waals surface area contributed by atoms with Gasteiger partial charge in [0.2, 0.25) is 0 Å². The van der Waals surface area contributed by atoms with Crippen LogP contribution >= 0.6 is 11.3 Å². The summed E-state index contributed by atoms with van der Waals surface area (Å²) in [6.45, 7) is 3.43. The molecule has 0 N–H and O–H groups in total. The molecule has 1 fully saturated rings. The van der Waals surface area contributed by atoms with Crippen LogP contribution in [0.1, 0.15) is 27.6 Å². The molecular weight excluding hydrogens is 398 g/mol. The van der Waals surface area contributed by atoms with Gasteiger partial charge in [0.25, 0.3) is 5.91 Å². The van der Waals surface area contributed by atoms with Gasteiger partial charge in [0.1, 0.15) is 22.9 Å². The molecule has 3 heterocycles. The molecule has 6 nitrogen and oxygen atoms in total. The molecule has 1 aliphatic rings. The van der Waals surface area contributed by atoms with Crippen LogP contribution in [0.2, 0.25) is 0 Å². The lowest BCUT2D eigenvalue weighted by molar-refractivity contribution is 0.0831. The van der Waals surface area contributed by atoms with Crippen LogP contribution in [0.3, 0.4) is 0 Å². The zero-order valence-electron chi connectivity index (χ0n) is 17.6. The smallest absolute Gasteiger partial charge is 0.263 e. The highest BCUT2D eigenvalue weighted by Crippen LogP contribution is 2.39. The summed E-state index contributed by atoms with van der Waals surface area (Å²) in [5.74, 6) is 2.07. The summed E-state index contributed by atoms with van der Waals surface area (Å²) in [5, 5.41) is 1.12. The maximum absolute atomic E-state index is 12.8. The van der Waals surface area contributed by atoms with Gasteiger partial charge in [-0.1, -0.05) is 6.07 Å². The van der Waals surface area contributed by atoms with Crippen molar-refractivity contribution in [2.45, 2.75) is 12.3 Å². The summed E-state index contributed by atoms with van der Waals surface area (Å²) >= 11 is 1.51. The Morgan fingerprint density at radius 2 is 2.00 bits per heavy atom. The van der Waals surface area contributed by atoms with E-state index in [0.717, 1.165) is 52.6 Å². The number of pyridine rings is 1. The number of fused-ring (bicyclic) bond motifs is 1. The second-order valence-corrected chi connectivity index (χ2v) is 8.71. The summed E-state index contributed by atoms with van der Waals surface area (Å²) in [5.41, 5.74) is 1.17. The molecule has 7 heteroatoms. The van der Waals surface area contributed by atoms with Crippen LogP contribution in [-0.2, 0) is 0 Å². The highest BCUT2D eigenvalue weighted by Gasteiger charge is 2.31. The fraction of sp³-hybridized carbons (Fsp3) is 0.391. The third-order valence-corrected chi connectivity index (χ3v) is 6.64. The number of nitrogens with zero attached hydrogens (tertiary/aromatic N) is 3. The first-order chi connectivity index (χ1) is 14.6. The number of carbonyl (C=O) groups excluding carboxylic acids is 1. The largest absolute Gasteiger partial charge is 0.497 e. The Kier molecular flexibility index (Phi) is 6.20. The van der Waals surface area contributed by atoms with Crippen LogP contribution in [-0.4, -0.2) is 68.1 Å². The van der Waals surface area contributed by atoms with Gasteiger partial charge in [-0.05, 0) is 48.9 Å². The first-order valence-electron chi connectivity index (χ1n) is 10.1. The molecule has 0 radical (unpaired) electrons. The second kappa shape index (κ2) is 9.02. The Bertz CT molecular complexity index is 1020. The van der Waals surface area contributed by atoms with E-state index in [0.29, 0.717) is 12.5 Å². The van der Waals surface area contributed by atoms with Crippen LogP contribution in [0.5, 0.6) is 11.5 Å². The lowest BCUT2D eigenvalue weighted by Crippen LogP contribution is -2.26. The van der Waals surface area contributed by atoms with Crippen LogP contribution in [0.25, 0.3) is 10.2 Å². The van der Waals surface area contributed by atoms with Crippen molar-refractivity contribution in [1.82, 2.24) is 14.8 Å². The molecule has 4 rings (SSSR count). The number of amides is 1. The standard InChI is InChI=1S/C23H27N3O3S/c1-25(2)23(27)21-20(19-5-4-11-24-22(19)30-21)16-10-12-26(15-16)13-14-29-18-8-6-17(28-3)7-9-18/h4-9,11,16H,10,12-15H2,1-3H3. The SMILES string of the molecule is COc1ccc(OCCN2CCC(c3c(C(=O)N(C)C)sc4ncccc34)C2)cc1. The van der Waals surface area contributed by atoms with Crippen LogP contribution in [0.15, 0.2) is 42.6 Å². The van der Waals surface area contributed by atoms with E-state index in [4.69, 9.17) is 9.47 Å². The molecule has 1 aliphatic heterocycles. The average Bonchev–Trinajstić information content (AvgIpc) is 3.37. The van der Waals surface area contributed by atoms with Gasteiger partial charge in [-0.3, -0.25) is 9.69 Å². The summed E-state index contributed by atoms with van der Waals surface area (Å²) in [7, 11) is 5.27. The molecule has 1 saturated heterocycles. The number of methoxy groups -OCH3 is 1. The molecule has 30 heavy (non-hydrogen) atoms. The van der Waals surface area contributed by atoms with E-state index >= 15 is 0 Å². The van der Waals surface area contributed by atoms with E-state index in [2.05, 4.69) is 16.0 Å². The van der Waals surface area contributed by atoms with Gasteiger partial charge in [-0.25, -0.2) is 4.98 Å². The fourth-order valence-corrected chi connectivity index (χ4v) is 5.21. The van der Waals surface area contributed by atoms with E-state index in [1.54, 1.807) is 32.3 Å². The zero-order chi connectivity index (χ0) is 21.1. The minimum absolute atomic E-state index is 0.0642. The number of hydrogen-bond donors (Lipinski definition) is 0. The predicted octanol–water partition coefficient (Wildman–Crippen LogP) is 3.88. The number of aromatic nitrogens is 1. The molecule has 3 aromatic rings. The molecule has 2 aromatic heterocycles. The van der Waals surface area contributed by atoms with Gasteiger partial charge >= 0.3 is 0 Å². The molecule has 1 aromatic carbocycles. The van der Waals surface area contributed by atoms with Crippen molar-refractivity contribution in [2.24, 2.45) is 0 Å². The van der Waals surface area contributed by atoms with Gasteiger partial charge in [0, 0.05) is 44.7 Å².